The van der Waals surface area contributed by atoms with Crippen LogP contribution in [-0.4, -0.2) is 102 Å². The lowest BCUT2D eigenvalue weighted by molar-refractivity contribution is 0.0684. The summed E-state index contributed by atoms with van der Waals surface area (Å²) in [6.07, 6.45) is 2.66. The summed E-state index contributed by atoms with van der Waals surface area (Å²) in [6, 6.07) is 17.4. The molecule has 0 saturated carbocycles. The highest BCUT2D eigenvalue weighted by molar-refractivity contribution is 9.08. The van der Waals surface area contributed by atoms with Crippen molar-refractivity contribution in [2.75, 3.05) is 75.7 Å². The fraction of sp³-hybridized carbons (Fsp3) is 0.333. The minimum atomic E-state index is -1.31. The van der Waals surface area contributed by atoms with E-state index in [4.69, 9.17) is 24.1 Å². The van der Waals surface area contributed by atoms with Crippen molar-refractivity contribution < 1.29 is 47.5 Å². The Morgan fingerprint density at radius 3 is 1.58 bits per heavy atom. The molecule has 2 aromatic heterocycles. The van der Waals surface area contributed by atoms with Crippen LogP contribution in [0.15, 0.2) is 82.6 Å². The molecule has 4 aliphatic heterocycles. The molecule has 67 heavy (non-hydrogen) atoms. The first kappa shape index (κ1) is 46.8. The summed E-state index contributed by atoms with van der Waals surface area (Å²) in [5, 5.41) is 22.7. The van der Waals surface area contributed by atoms with E-state index >= 15 is 4.39 Å². The van der Waals surface area contributed by atoms with E-state index < -0.39 is 34.4 Å². The molecule has 6 heterocycles. The topological polar surface area (TPSA) is 177 Å². The first-order valence-electron chi connectivity index (χ1n) is 21.8. The number of para-hydroxylation sites is 2. The highest BCUT2D eigenvalue weighted by Gasteiger charge is 2.26. The number of aromatic carboxylic acids is 2. The second-order valence-corrected chi connectivity index (χ2v) is 16.6. The Morgan fingerprint density at radius 2 is 1.12 bits per heavy atom. The van der Waals surface area contributed by atoms with Gasteiger partial charge in [0.1, 0.15) is 22.8 Å². The number of benzene rings is 4. The summed E-state index contributed by atoms with van der Waals surface area (Å²) in [5.74, 6) is -0.356. The fourth-order valence-electron chi connectivity index (χ4n) is 8.62. The first-order chi connectivity index (χ1) is 32.4. The molecule has 0 bridgehead atoms. The second-order valence-electron chi connectivity index (χ2n) is 16.0. The normalized spacial score (nSPS) is 15.2. The number of rotatable bonds is 9. The Labute approximate surface area is 391 Å². The molecule has 4 aromatic carbocycles. The molecule has 6 aromatic rings. The van der Waals surface area contributed by atoms with E-state index in [-0.39, 0.29) is 28.7 Å². The van der Waals surface area contributed by atoms with Gasteiger partial charge in [0.05, 0.1) is 22.4 Å². The van der Waals surface area contributed by atoms with Gasteiger partial charge in [0, 0.05) is 112 Å². The van der Waals surface area contributed by atoms with Gasteiger partial charge >= 0.3 is 11.9 Å². The van der Waals surface area contributed by atoms with Crippen LogP contribution >= 0.6 is 15.9 Å². The summed E-state index contributed by atoms with van der Waals surface area (Å²) in [6.45, 7) is 11.6. The van der Waals surface area contributed by atoms with Crippen LogP contribution in [0.1, 0.15) is 45.7 Å². The van der Waals surface area contributed by atoms with Gasteiger partial charge in [0.2, 0.25) is 24.4 Å². The lowest BCUT2D eigenvalue weighted by atomic mass is 10.1. The summed E-state index contributed by atoms with van der Waals surface area (Å²) < 4.78 is 54.4. The number of aryl methyl sites for hydroxylation is 2. The number of hydrogen-bond donors (Lipinski definition) is 3. The van der Waals surface area contributed by atoms with Crippen molar-refractivity contribution in [1.29, 1.82) is 0 Å². The number of ether oxygens (including phenoxy) is 4. The van der Waals surface area contributed by atoms with Crippen molar-refractivity contribution >= 4 is 61.0 Å². The van der Waals surface area contributed by atoms with Crippen LogP contribution in [0.2, 0.25) is 0 Å². The predicted molar refractivity (Wildman–Crippen MR) is 252 cm³/mol. The van der Waals surface area contributed by atoms with Crippen LogP contribution in [0.25, 0.3) is 21.8 Å². The number of alkyl halides is 1. The van der Waals surface area contributed by atoms with Gasteiger partial charge in [0.25, 0.3) is 0 Å². The number of carboxylic acid groups (broad SMARTS) is 2. The monoisotopic (exact) mass is 986 g/mol. The van der Waals surface area contributed by atoms with Gasteiger partial charge in [-0.2, -0.15) is 0 Å². The zero-order chi connectivity index (χ0) is 47.4. The average molecular weight is 988 g/mol. The highest BCUT2D eigenvalue weighted by Crippen LogP contribution is 2.37. The van der Waals surface area contributed by atoms with Crippen LogP contribution in [0, 0.1) is 11.6 Å². The lowest BCUT2D eigenvalue weighted by Gasteiger charge is -2.36. The molecule has 3 N–H and O–H groups in total. The number of fused-ring (bicyclic) bond motifs is 4. The molecule has 0 amide bonds. The maximum absolute atomic E-state index is 15.1. The van der Waals surface area contributed by atoms with E-state index in [1.807, 2.05) is 60.0 Å². The van der Waals surface area contributed by atoms with E-state index in [0.29, 0.717) is 75.0 Å². The van der Waals surface area contributed by atoms with Crippen LogP contribution < -0.4 is 44.9 Å². The molecule has 0 unspecified atom stereocenters. The lowest BCUT2D eigenvalue weighted by Crippen LogP contribution is -2.46. The van der Waals surface area contributed by atoms with Gasteiger partial charge in [-0.25, -0.2) is 18.4 Å². The van der Waals surface area contributed by atoms with Crippen LogP contribution in [0.4, 0.5) is 20.2 Å². The number of carboxylic acids is 2. The first-order valence-corrected chi connectivity index (χ1v) is 23.0. The second kappa shape index (κ2) is 20.4. The van der Waals surface area contributed by atoms with Crippen LogP contribution in [0.5, 0.6) is 23.0 Å². The van der Waals surface area contributed by atoms with Crippen molar-refractivity contribution in [1.82, 2.24) is 19.4 Å². The molecule has 0 aliphatic carbocycles. The number of carbonyl (C=O) groups is 2. The molecular formula is C48H49BrF2N6O10. The van der Waals surface area contributed by atoms with Gasteiger partial charge in [-0.3, -0.25) is 14.5 Å². The van der Waals surface area contributed by atoms with Gasteiger partial charge in [0.15, 0.2) is 23.0 Å². The molecular weight excluding hydrogens is 938 g/mol. The Balaban J connectivity index is 0.000000154. The van der Waals surface area contributed by atoms with E-state index in [1.54, 1.807) is 21.3 Å². The summed E-state index contributed by atoms with van der Waals surface area (Å²) in [4.78, 5) is 53.7. The summed E-state index contributed by atoms with van der Waals surface area (Å²) >= 11 is 3.38. The number of halogens is 3. The largest absolute Gasteiger partial charge is 0.477 e. The third-order valence-electron chi connectivity index (χ3n) is 12.1. The van der Waals surface area contributed by atoms with Crippen LogP contribution in [0.3, 0.4) is 0 Å². The van der Waals surface area contributed by atoms with Crippen molar-refractivity contribution in [3.63, 3.8) is 0 Å². The molecule has 352 valence electrons. The number of nitrogens with zero attached hydrogens (tertiary/aromatic N) is 5. The van der Waals surface area contributed by atoms with Crippen molar-refractivity contribution in [3.8, 4) is 23.0 Å². The Kier molecular flexibility index (Phi) is 14.3. The van der Waals surface area contributed by atoms with E-state index in [1.165, 1.54) is 18.5 Å². The Bertz CT molecular complexity index is 2970. The molecule has 19 heteroatoms. The molecule has 2 saturated heterocycles. The van der Waals surface area contributed by atoms with Gasteiger partial charge < -0.3 is 53.4 Å². The van der Waals surface area contributed by atoms with Crippen molar-refractivity contribution in [2.24, 2.45) is 0 Å². The third-order valence-corrected chi connectivity index (χ3v) is 12.7. The average Bonchev–Trinajstić information content (AvgIpc) is 4.04. The number of anilines is 2. The third kappa shape index (κ3) is 9.75. The zero-order valence-corrected chi connectivity index (χ0v) is 38.4. The molecule has 10 rings (SSSR count). The maximum atomic E-state index is 15.1. The number of piperazine rings is 2. The predicted octanol–water partition coefficient (Wildman–Crippen LogP) is 6.49. The minimum Gasteiger partial charge on any atom is -0.477 e. The van der Waals surface area contributed by atoms with E-state index in [9.17, 15) is 28.7 Å². The van der Waals surface area contributed by atoms with Crippen LogP contribution in [-0.2, 0) is 25.0 Å². The van der Waals surface area contributed by atoms with Gasteiger partial charge in [-0.15, -0.1) is 0 Å². The minimum absolute atomic E-state index is 0.0804. The standard InChI is InChI=1S/C24H24FN3O5.C16H18FN3O3.C8H7BrO2/c1-2-27-13-17(24(30)31)22(29)16-10-18(25)20(11-19(16)27)28-8-6-26(7-9-28)12-15-4-3-5-21-23(15)33-14-32-21;1-2-19-9-11(16(22)23)15(21)10-7-12(17)14(8-13(10)19)20-5-3-18-4-6-20;9-4-6-2-1-3-7-8(6)11-5-10-7/h3-5,10-11,13H,2,6-9,12,14H2,1H3,(H,30,31);7-9,18H,2-6H2,1H3,(H,22,23);1-3H,4-5H2. The number of hydrogen-bond acceptors (Lipinski definition) is 12. The molecule has 0 radical (unpaired) electrons. The maximum Gasteiger partial charge on any atom is 0.341 e. The van der Waals surface area contributed by atoms with Gasteiger partial charge in [-0.05, 0) is 50.2 Å². The molecule has 16 nitrogen and oxygen atoms in total. The summed E-state index contributed by atoms with van der Waals surface area (Å²) in [5.41, 5.74) is 2.15. The van der Waals surface area contributed by atoms with Crippen molar-refractivity contribution in [3.05, 3.63) is 127 Å². The van der Waals surface area contributed by atoms with E-state index in [2.05, 4.69) is 26.1 Å². The number of pyridine rings is 2. The molecule has 2 fully saturated rings. The zero-order valence-electron chi connectivity index (χ0n) is 36.9. The molecule has 0 atom stereocenters. The Morgan fingerprint density at radius 1 is 0.657 bits per heavy atom. The fourth-order valence-corrected chi connectivity index (χ4v) is 9.06. The quantitative estimate of drug-likeness (QED) is 0.134. The highest BCUT2D eigenvalue weighted by atomic mass is 79.9. The SMILES string of the molecule is BrCc1cccc2c1OCO2.CCn1cc(C(=O)O)c(=O)c2cc(F)c(N3CCN(Cc4cccc5c4OCO5)CC3)cc21.CCn1cc(C(=O)O)c(=O)c2cc(F)c(N3CCNCC3)cc21. The Hall–Kier alpha value is -6.70. The smallest absolute Gasteiger partial charge is 0.341 e. The number of aromatic nitrogens is 2. The van der Waals surface area contributed by atoms with E-state index in [0.717, 1.165) is 71.7 Å². The van der Waals surface area contributed by atoms with Crippen molar-refractivity contribution in [2.45, 2.75) is 38.8 Å². The number of nitrogens with one attached hydrogen (secondary N) is 1. The molecule has 0 spiro atoms. The molecule has 4 aliphatic rings. The summed E-state index contributed by atoms with van der Waals surface area (Å²) in [7, 11) is 0. The van der Waals surface area contributed by atoms with Gasteiger partial charge in [-0.1, -0.05) is 40.2 Å².